The van der Waals surface area contributed by atoms with Crippen LogP contribution >= 0.6 is 0 Å². The molecule has 0 saturated heterocycles. The molecule has 0 bridgehead atoms. The quantitative estimate of drug-likeness (QED) is 0.440. The zero-order valence-corrected chi connectivity index (χ0v) is 16.9. The highest BCUT2D eigenvalue weighted by Crippen LogP contribution is 2.29. The van der Waals surface area contributed by atoms with Gasteiger partial charge < -0.3 is 15.4 Å². The van der Waals surface area contributed by atoms with E-state index in [0.29, 0.717) is 17.9 Å². The minimum atomic E-state index is -4.46. The number of hydrogen-bond donors (Lipinski definition) is 2. The third-order valence-electron chi connectivity index (χ3n) is 4.27. The van der Waals surface area contributed by atoms with E-state index in [1.54, 1.807) is 24.3 Å². The van der Waals surface area contributed by atoms with Gasteiger partial charge in [0.25, 0.3) is 5.91 Å². The maximum absolute atomic E-state index is 12.5. The predicted octanol–water partition coefficient (Wildman–Crippen LogP) is 3.61. The van der Waals surface area contributed by atoms with Gasteiger partial charge in [0.15, 0.2) is 5.78 Å². The number of benzene rings is 2. The van der Waals surface area contributed by atoms with Crippen molar-refractivity contribution < 1.29 is 32.3 Å². The Bertz CT molecular complexity index is 894. The number of hydrogen-bond acceptors (Lipinski definition) is 4. The van der Waals surface area contributed by atoms with Crippen molar-refractivity contribution in [2.75, 3.05) is 19.7 Å². The van der Waals surface area contributed by atoms with Crippen LogP contribution in [-0.4, -0.2) is 37.3 Å². The minimum Gasteiger partial charge on any atom is -0.494 e. The first-order valence-electron chi connectivity index (χ1n) is 9.69. The van der Waals surface area contributed by atoms with Crippen LogP contribution in [0.5, 0.6) is 5.75 Å². The zero-order chi connectivity index (χ0) is 22.9. The molecule has 2 N–H and O–H groups in total. The lowest BCUT2D eigenvalue weighted by Gasteiger charge is -2.09. The van der Waals surface area contributed by atoms with Gasteiger partial charge in [0, 0.05) is 37.1 Å². The molecule has 0 fully saturated rings. The molecular weight excluding hydrogens is 413 g/mol. The summed E-state index contributed by atoms with van der Waals surface area (Å²) in [5, 5.41) is 5.08. The second-order valence-corrected chi connectivity index (χ2v) is 6.56. The number of amides is 2. The van der Waals surface area contributed by atoms with Gasteiger partial charge >= 0.3 is 6.18 Å². The van der Waals surface area contributed by atoms with E-state index < -0.39 is 17.6 Å². The maximum atomic E-state index is 12.5. The van der Waals surface area contributed by atoms with Gasteiger partial charge in [-0.2, -0.15) is 13.2 Å². The molecule has 0 aliphatic rings. The van der Waals surface area contributed by atoms with E-state index in [1.165, 1.54) is 0 Å². The molecule has 0 aromatic heterocycles. The fourth-order valence-electron chi connectivity index (χ4n) is 2.65. The van der Waals surface area contributed by atoms with E-state index in [4.69, 9.17) is 4.74 Å². The van der Waals surface area contributed by atoms with Crippen LogP contribution in [0, 0.1) is 0 Å². The van der Waals surface area contributed by atoms with Gasteiger partial charge in [-0.05, 0) is 55.5 Å². The van der Waals surface area contributed by atoms with Crippen molar-refractivity contribution in [1.82, 2.24) is 10.6 Å². The van der Waals surface area contributed by atoms with Crippen molar-refractivity contribution >= 4 is 17.6 Å². The molecule has 6 nitrogen and oxygen atoms in total. The second-order valence-electron chi connectivity index (χ2n) is 6.56. The zero-order valence-electron chi connectivity index (χ0n) is 16.9. The highest BCUT2D eigenvalue weighted by molar-refractivity contribution is 5.98. The van der Waals surface area contributed by atoms with Gasteiger partial charge in [0.2, 0.25) is 5.91 Å². The number of ether oxygens (including phenoxy) is 1. The van der Waals surface area contributed by atoms with Crippen LogP contribution in [0.2, 0.25) is 0 Å². The van der Waals surface area contributed by atoms with Gasteiger partial charge in [-0.15, -0.1) is 0 Å². The molecule has 0 atom stereocenters. The molecule has 0 spiro atoms. The van der Waals surface area contributed by atoms with Crippen LogP contribution in [0.4, 0.5) is 13.2 Å². The fraction of sp³-hybridized carbons (Fsp3) is 0.318. The number of nitrogens with one attached hydrogen (secondary N) is 2. The first kappa shape index (κ1) is 23.9. The molecule has 2 aromatic carbocycles. The molecule has 2 rings (SSSR count). The Hall–Kier alpha value is -3.36. The molecule has 0 radical (unpaired) electrons. The average molecular weight is 436 g/mol. The maximum Gasteiger partial charge on any atom is 0.416 e. The Labute approximate surface area is 177 Å². The molecule has 2 aromatic rings. The summed E-state index contributed by atoms with van der Waals surface area (Å²) in [5.41, 5.74) is -0.267. The third-order valence-corrected chi connectivity index (χ3v) is 4.27. The number of ketones is 1. The lowest BCUT2D eigenvalue weighted by molar-refractivity contribution is -0.137. The summed E-state index contributed by atoms with van der Waals surface area (Å²) in [5.74, 6) is -0.402. The largest absolute Gasteiger partial charge is 0.494 e. The van der Waals surface area contributed by atoms with Crippen LogP contribution in [0.25, 0.3) is 0 Å². The molecule has 0 aliphatic heterocycles. The number of carbonyl (C=O) groups excluding carboxylic acids is 3. The SMILES string of the molecule is CCOc1ccc(C(=O)CCC(=O)NCCNC(=O)c2ccc(C(F)(F)F)cc2)cc1. The molecular formula is C22H23F3N2O4. The van der Waals surface area contributed by atoms with Crippen LogP contribution in [0.3, 0.4) is 0 Å². The van der Waals surface area contributed by atoms with Crippen LogP contribution < -0.4 is 15.4 Å². The van der Waals surface area contributed by atoms with Crippen molar-refractivity contribution in [3.05, 3.63) is 65.2 Å². The first-order chi connectivity index (χ1) is 14.7. The predicted molar refractivity (Wildman–Crippen MR) is 108 cm³/mol. The van der Waals surface area contributed by atoms with E-state index >= 15 is 0 Å². The molecule has 0 heterocycles. The Morgan fingerprint density at radius 3 is 2.00 bits per heavy atom. The summed E-state index contributed by atoms with van der Waals surface area (Å²) in [6.45, 7) is 2.61. The van der Waals surface area contributed by atoms with Crippen LogP contribution in [0.1, 0.15) is 46.0 Å². The number of halogens is 3. The van der Waals surface area contributed by atoms with E-state index in [9.17, 15) is 27.6 Å². The number of carbonyl (C=O) groups is 3. The van der Waals surface area contributed by atoms with E-state index in [-0.39, 0.29) is 43.2 Å². The third kappa shape index (κ3) is 7.76. The fourth-order valence-corrected chi connectivity index (χ4v) is 2.65. The molecule has 31 heavy (non-hydrogen) atoms. The molecule has 9 heteroatoms. The van der Waals surface area contributed by atoms with Crippen LogP contribution in [-0.2, 0) is 11.0 Å². The van der Waals surface area contributed by atoms with Crippen molar-refractivity contribution in [3.8, 4) is 5.75 Å². The van der Waals surface area contributed by atoms with Crippen molar-refractivity contribution in [3.63, 3.8) is 0 Å². The van der Waals surface area contributed by atoms with Crippen molar-refractivity contribution in [2.24, 2.45) is 0 Å². The first-order valence-corrected chi connectivity index (χ1v) is 9.69. The highest BCUT2D eigenvalue weighted by Gasteiger charge is 2.30. The summed E-state index contributed by atoms with van der Waals surface area (Å²) in [6.07, 6.45) is -4.43. The Morgan fingerprint density at radius 2 is 1.42 bits per heavy atom. The summed E-state index contributed by atoms with van der Waals surface area (Å²) in [6, 6.07) is 10.5. The van der Waals surface area contributed by atoms with E-state index in [0.717, 1.165) is 24.3 Å². The van der Waals surface area contributed by atoms with Crippen molar-refractivity contribution in [2.45, 2.75) is 25.9 Å². The van der Waals surface area contributed by atoms with E-state index in [2.05, 4.69) is 10.6 Å². The lowest BCUT2D eigenvalue weighted by atomic mass is 10.1. The van der Waals surface area contributed by atoms with Gasteiger partial charge in [-0.1, -0.05) is 0 Å². The monoisotopic (exact) mass is 436 g/mol. The molecule has 0 saturated carbocycles. The minimum absolute atomic E-state index is 0.00110. The standard InChI is InChI=1S/C22H23F3N2O4/c1-2-31-18-9-5-15(6-10-18)19(28)11-12-20(29)26-13-14-27-21(30)16-3-7-17(8-4-16)22(23,24)25/h3-10H,2,11-14H2,1H3,(H,26,29)(H,27,30). The van der Waals surface area contributed by atoms with Crippen LogP contribution in [0.15, 0.2) is 48.5 Å². The number of alkyl halides is 3. The molecule has 166 valence electrons. The summed E-state index contributed by atoms with van der Waals surface area (Å²) >= 11 is 0. The average Bonchev–Trinajstić information content (AvgIpc) is 2.75. The second kappa shape index (κ2) is 11.1. The summed E-state index contributed by atoms with van der Waals surface area (Å²) in [4.78, 5) is 35.9. The smallest absolute Gasteiger partial charge is 0.416 e. The van der Waals surface area contributed by atoms with Gasteiger partial charge in [0.1, 0.15) is 5.75 Å². The van der Waals surface area contributed by atoms with Gasteiger partial charge in [0.05, 0.1) is 12.2 Å². The van der Waals surface area contributed by atoms with Crippen molar-refractivity contribution in [1.29, 1.82) is 0 Å². The lowest BCUT2D eigenvalue weighted by Crippen LogP contribution is -2.34. The summed E-state index contributed by atoms with van der Waals surface area (Å²) in [7, 11) is 0. The number of Topliss-reactive ketones (excluding diaryl/α,β-unsaturated/α-hetero) is 1. The highest BCUT2D eigenvalue weighted by atomic mass is 19.4. The molecule has 2 amide bonds. The van der Waals surface area contributed by atoms with Gasteiger partial charge in [-0.25, -0.2) is 0 Å². The topological polar surface area (TPSA) is 84.5 Å². The molecule has 0 unspecified atom stereocenters. The molecule has 0 aliphatic carbocycles. The Kier molecular flexibility index (Phi) is 8.60. The Balaban J connectivity index is 1.67. The van der Waals surface area contributed by atoms with Gasteiger partial charge in [-0.3, -0.25) is 14.4 Å². The van der Waals surface area contributed by atoms with E-state index in [1.807, 2.05) is 6.92 Å². The number of rotatable bonds is 10. The summed E-state index contributed by atoms with van der Waals surface area (Å²) < 4.78 is 42.9. The Morgan fingerprint density at radius 1 is 0.839 bits per heavy atom. The normalized spacial score (nSPS) is 11.0.